The average Bonchev–Trinajstić information content (AvgIpc) is 3.44. The van der Waals surface area contributed by atoms with Gasteiger partial charge in [0.05, 0.1) is 29.4 Å². The number of ketones is 2. The van der Waals surface area contributed by atoms with E-state index in [0.717, 1.165) is 16.1 Å². The van der Waals surface area contributed by atoms with Crippen molar-refractivity contribution in [3.05, 3.63) is 136 Å². The molecule has 1 saturated carbocycles. The lowest BCUT2D eigenvalue weighted by atomic mass is 9.44. The van der Waals surface area contributed by atoms with Crippen LogP contribution in [0.2, 0.25) is 5.02 Å². The Hall–Kier alpha value is -5.75. The molecule has 2 fully saturated rings. The first-order chi connectivity index (χ1) is 26.3. The minimum absolute atomic E-state index is 0.00663. The number of methoxy groups -OCH3 is 1. The standard InChI is InChI=1S/C42H33ClF3N3O6/c1-48(38-31(43)17-18-33(47-38)42(44,45)46)49-39(53)27-16-15-25-29(35(27)40(49)54)20-30-37(52)28(22-9-5-3-6-10-22)21-34(51)41(30,23-11-7-4-8-12-23)36(25)26-14-13-24(50)19-32(26)55-2/h3-15,17-19,21,27,29-30,35-36,50H,16,20H2,1-2H3/t27-,29+,30-,35-,36+,41-/m0/s1. The van der Waals surface area contributed by atoms with Gasteiger partial charge < -0.3 is 9.84 Å². The second-order valence-corrected chi connectivity index (χ2v) is 14.6. The minimum Gasteiger partial charge on any atom is -0.508 e. The monoisotopic (exact) mass is 767 g/mol. The number of alkyl halides is 3. The largest absolute Gasteiger partial charge is 0.508 e. The Kier molecular flexibility index (Phi) is 8.71. The van der Waals surface area contributed by atoms with Gasteiger partial charge in [-0.2, -0.15) is 18.2 Å². The molecule has 0 spiro atoms. The highest BCUT2D eigenvalue weighted by Crippen LogP contribution is 2.64. The number of anilines is 1. The van der Waals surface area contributed by atoms with E-state index in [1.54, 1.807) is 66.7 Å². The number of hydrazine groups is 1. The third-order valence-corrected chi connectivity index (χ3v) is 11.9. The maximum atomic E-state index is 15.2. The van der Waals surface area contributed by atoms with Crippen LogP contribution in [0.25, 0.3) is 5.57 Å². The molecule has 4 aliphatic rings. The number of fused-ring (bicyclic) bond motifs is 4. The van der Waals surface area contributed by atoms with E-state index in [2.05, 4.69) is 4.98 Å². The molecule has 280 valence electrons. The molecule has 4 aromatic rings. The van der Waals surface area contributed by atoms with Gasteiger partial charge in [0.25, 0.3) is 11.8 Å². The third-order valence-electron chi connectivity index (χ3n) is 11.6. The summed E-state index contributed by atoms with van der Waals surface area (Å²) in [5.74, 6) is -6.97. The molecule has 1 N–H and O–H groups in total. The number of hydrogen-bond acceptors (Lipinski definition) is 8. The molecule has 3 aliphatic carbocycles. The van der Waals surface area contributed by atoms with Gasteiger partial charge in [-0.25, -0.2) is 4.98 Å². The second-order valence-electron chi connectivity index (χ2n) is 14.2. The van der Waals surface area contributed by atoms with Crippen molar-refractivity contribution in [3.8, 4) is 11.5 Å². The van der Waals surface area contributed by atoms with Crippen LogP contribution in [0.3, 0.4) is 0 Å². The zero-order valence-corrected chi connectivity index (χ0v) is 30.2. The van der Waals surface area contributed by atoms with Gasteiger partial charge in [-0.1, -0.05) is 90.0 Å². The van der Waals surface area contributed by atoms with Crippen molar-refractivity contribution in [1.29, 1.82) is 0 Å². The summed E-state index contributed by atoms with van der Waals surface area (Å²) in [6, 6.07) is 24.1. The number of phenolic OH excluding ortho intramolecular Hbond substituents is 1. The molecule has 1 aliphatic heterocycles. The second kappa shape index (κ2) is 13.2. The Morgan fingerprint density at radius 2 is 1.62 bits per heavy atom. The summed E-state index contributed by atoms with van der Waals surface area (Å²) in [6.45, 7) is 0. The van der Waals surface area contributed by atoms with E-state index in [9.17, 15) is 27.9 Å². The molecule has 2 heterocycles. The number of amides is 2. The summed E-state index contributed by atoms with van der Waals surface area (Å²) in [5, 5.41) is 12.0. The minimum atomic E-state index is -4.82. The van der Waals surface area contributed by atoms with E-state index in [1.807, 2.05) is 6.08 Å². The van der Waals surface area contributed by atoms with Crippen LogP contribution in [0.15, 0.2) is 109 Å². The Bertz CT molecular complexity index is 2330. The van der Waals surface area contributed by atoms with Gasteiger partial charge >= 0.3 is 6.18 Å². The molecule has 0 unspecified atom stereocenters. The van der Waals surface area contributed by atoms with E-state index in [-0.39, 0.29) is 46.5 Å². The van der Waals surface area contributed by atoms with Crippen molar-refractivity contribution in [3.63, 3.8) is 0 Å². The van der Waals surface area contributed by atoms with Crippen LogP contribution in [0, 0.1) is 23.7 Å². The van der Waals surface area contributed by atoms with Crippen molar-refractivity contribution >= 4 is 46.4 Å². The molecule has 2 amide bonds. The van der Waals surface area contributed by atoms with Crippen LogP contribution in [-0.4, -0.2) is 52.6 Å². The number of rotatable bonds is 6. The van der Waals surface area contributed by atoms with Gasteiger partial charge in [-0.3, -0.25) is 24.2 Å². The Balaban J connectivity index is 1.32. The number of nitrogens with zero attached hydrogens (tertiary/aromatic N) is 3. The number of carbonyl (C=O) groups excluding carboxylic acids is 4. The average molecular weight is 768 g/mol. The normalized spacial score (nSPS) is 26.1. The molecule has 0 radical (unpaired) electrons. The van der Waals surface area contributed by atoms with Crippen LogP contribution in [0.4, 0.5) is 19.0 Å². The number of aromatic hydroxyl groups is 1. The summed E-state index contributed by atoms with van der Waals surface area (Å²) >= 11 is 6.31. The Morgan fingerprint density at radius 3 is 2.29 bits per heavy atom. The van der Waals surface area contributed by atoms with Gasteiger partial charge in [0.1, 0.15) is 17.2 Å². The number of carbonyl (C=O) groups is 4. The number of imide groups is 1. The SMILES string of the molecule is COc1cc(O)ccc1[C@H]1C2=CC[C@@H]3C(=O)N(N(C)c4nc(C(F)(F)F)ccc4Cl)C(=O)[C@@H]3[C@@H]2C[C@H]2C(=O)C(c3ccccc3)=CC(=O)[C@@]12c1ccccc1. The maximum Gasteiger partial charge on any atom is 0.433 e. The molecule has 6 atom stereocenters. The summed E-state index contributed by atoms with van der Waals surface area (Å²) in [4.78, 5) is 62.9. The van der Waals surface area contributed by atoms with Gasteiger partial charge in [0.15, 0.2) is 17.4 Å². The Morgan fingerprint density at radius 1 is 0.927 bits per heavy atom. The fourth-order valence-corrected chi connectivity index (χ4v) is 9.57. The predicted octanol–water partition coefficient (Wildman–Crippen LogP) is 7.34. The van der Waals surface area contributed by atoms with Crippen molar-refractivity contribution in [1.82, 2.24) is 9.99 Å². The zero-order valence-electron chi connectivity index (χ0n) is 29.5. The fraction of sp³-hybridized carbons (Fsp3) is 0.262. The molecular weight excluding hydrogens is 735 g/mol. The van der Waals surface area contributed by atoms with Crippen molar-refractivity contribution in [2.45, 2.75) is 30.4 Å². The zero-order chi connectivity index (χ0) is 39.0. The number of allylic oxidation sites excluding steroid dienone is 4. The summed E-state index contributed by atoms with van der Waals surface area (Å²) in [6.07, 6.45) is -1.50. The van der Waals surface area contributed by atoms with Gasteiger partial charge in [0.2, 0.25) is 0 Å². The highest BCUT2D eigenvalue weighted by atomic mass is 35.5. The lowest BCUT2D eigenvalue weighted by Gasteiger charge is -2.55. The topological polar surface area (TPSA) is 117 Å². The van der Waals surface area contributed by atoms with Crippen LogP contribution in [-0.2, 0) is 30.8 Å². The number of hydrogen-bond donors (Lipinski definition) is 1. The highest BCUT2D eigenvalue weighted by Gasteiger charge is 2.66. The molecule has 1 saturated heterocycles. The van der Waals surface area contributed by atoms with Gasteiger partial charge in [-0.05, 0) is 54.2 Å². The molecule has 0 bridgehead atoms. The number of halogens is 4. The number of benzene rings is 3. The molecule has 1 aromatic heterocycles. The van der Waals surface area contributed by atoms with Crippen LogP contribution >= 0.6 is 11.6 Å². The highest BCUT2D eigenvalue weighted by molar-refractivity contribution is 6.33. The lowest BCUT2D eigenvalue weighted by molar-refractivity contribution is -0.141. The van der Waals surface area contributed by atoms with Crippen molar-refractivity contribution in [2.75, 3.05) is 19.2 Å². The first-order valence-corrected chi connectivity index (χ1v) is 18.0. The number of aromatic nitrogens is 1. The molecule has 55 heavy (non-hydrogen) atoms. The van der Waals surface area contributed by atoms with E-state index in [0.29, 0.717) is 28.3 Å². The van der Waals surface area contributed by atoms with Crippen LogP contribution in [0.1, 0.15) is 41.1 Å². The van der Waals surface area contributed by atoms with E-state index >= 15 is 9.59 Å². The van der Waals surface area contributed by atoms with Crippen molar-refractivity contribution < 1.29 is 42.2 Å². The fourth-order valence-electron chi connectivity index (χ4n) is 9.35. The van der Waals surface area contributed by atoms with Crippen molar-refractivity contribution in [2.24, 2.45) is 23.7 Å². The molecule has 8 rings (SSSR count). The number of ether oxygens (including phenoxy) is 1. The van der Waals surface area contributed by atoms with Gasteiger partial charge in [-0.15, -0.1) is 0 Å². The van der Waals surface area contributed by atoms with Crippen LogP contribution in [0.5, 0.6) is 11.5 Å². The summed E-state index contributed by atoms with van der Waals surface area (Å²) < 4.78 is 46.9. The third kappa shape index (κ3) is 5.48. The Labute approximate surface area is 318 Å². The number of phenols is 1. The van der Waals surface area contributed by atoms with E-state index in [4.69, 9.17) is 16.3 Å². The smallest absolute Gasteiger partial charge is 0.433 e. The lowest BCUT2D eigenvalue weighted by Crippen LogP contribution is -2.59. The van der Waals surface area contributed by atoms with E-state index in [1.165, 1.54) is 32.4 Å². The van der Waals surface area contributed by atoms with Crippen LogP contribution < -0.4 is 9.75 Å². The quantitative estimate of drug-likeness (QED) is 0.160. The number of pyridine rings is 1. The summed E-state index contributed by atoms with van der Waals surface area (Å²) in [7, 11) is 2.68. The van der Waals surface area contributed by atoms with E-state index < -0.39 is 64.5 Å². The molecule has 9 nitrogen and oxygen atoms in total. The first kappa shape index (κ1) is 36.2. The molecule has 3 aromatic carbocycles. The molecule has 13 heteroatoms. The van der Waals surface area contributed by atoms with Gasteiger partial charge in [0, 0.05) is 36.1 Å². The molecular formula is C42H33ClF3N3O6. The first-order valence-electron chi connectivity index (χ1n) is 17.6. The summed E-state index contributed by atoms with van der Waals surface area (Å²) in [5.41, 5.74) is -0.307. The predicted molar refractivity (Wildman–Crippen MR) is 196 cm³/mol. The number of Topliss-reactive ketones (excluding diaryl/α,β-unsaturated/α-hetero) is 1. The maximum absolute atomic E-state index is 15.2.